The van der Waals surface area contributed by atoms with Gasteiger partial charge >= 0.3 is 0 Å². The summed E-state index contributed by atoms with van der Waals surface area (Å²) in [6, 6.07) is 18.4. The quantitative estimate of drug-likeness (QED) is 0.698. The van der Waals surface area contributed by atoms with Crippen LogP contribution in [0.4, 0.5) is 0 Å². The Morgan fingerprint density at radius 1 is 1.00 bits per heavy atom. The van der Waals surface area contributed by atoms with Gasteiger partial charge in [-0.15, -0.1) is 0 Å². The molecule has 3 rings (SSSR count). The van der Waals surface area contributed by atoms with Crippen molar-refractivity contribution < 1.29 is 9.90 Å². The first-order valence-electron chi connectivity index (χ1n) is 8.07. The predicted octanol–water partition coefficient (Wildman–Crippen LogP) is 4.64. The summed E-state index contributed by atoms with van der Waals surface area (Å²) in [5.41, 5.74) is 3.91. The third-order valence-electron chi connectivity index (χ3n) is 3.96. The van der Waals surface area contributed by atoms with Crippen LogP contribution in [0, 0.1) is 0 Å². The molecule has 0 fully saturated rings. The first kappa shape index (κ1) is 15.9. The molecule has 120 valence electrons. The van der Waals surface area contributed by atoms with Gasteiger partial charge in [-0.1, -0.05) is 49.7 Å². The molecule has 1 heterocycles. The molecule has 24 heavy (non-hydrogen) atoms. The highest BCUT2D eigenvalue weighted by atomic mass is 16.3. The molecule has 2 aromatic carbocycles. The summed E-state index contributed by atoms with van der Waals surface area (Å²) in [5, 5.41) is 9.80. The monoisotopic (exact) mass is 317 g/mol. The van der Waals surface area contributed by atoms with Crippen LogP contribution in [-0.4, -0.2) is 15.9 Å². The number of phenolic OH excluding ortho intramolecular Hbond substituents is 1. The van der Waals surface area contributed by atoms with Gasteiger partial charge < -0.3 is 5.11 Å². The van der Waals surface area contributed by atoms with Crippen LogP contribution in [0.25, 0.3) is 11.3 Å². The molecule has 0 saturated carbocycles. The molecule has 0 bridgehead atoms. The number of aryl methyl sites for hydroxylation is 1. The largest absolute Gasteiger partial charge is 0.507 e. The van der Waals surface area contributed by atoms with Gasteiger partial charge in [0.2, 0.25) is 0 Å². The van der Waals surface area contributed by atoms with E-state index in [1.54, 1.807) is 30.5 Å². The van der Waals surface area contributed by atoms with E-state index in [1.165, 1.54) is 11.6 Å². The molecule has 0 aliphatic carbocycles. The maximum Gasteiger partial charge on any atom is 0.198 e. The molecule has 0 spiro atoms. The third kappa shape index (κ3) is 3.35. The van der Waals surface area contributed by atoms with Gasteiger partial charge in [-0.3, -0.25) is 9.78 Å². The van der Waals surface area contributed by atoms with Gasteiger partial charge in [0.25, 0.3) is 0 Å². The van der Waals surface area contributed by atoms with Crippen molar-refractivity contribution in [3.8, 4) is 17.0 Å². The standard InChI is InChI=1S/C21H19NO2/c1-2-5-15-8-10-16(11-9-15)19-13-12-17(14-22-19)21(24)18-6-3-4-7-20(18)23/h3-4,6-14,23H,2,5H2,1H3. The number of carbonyl (C=O) groups excluding carboxylic acids is 1. The highest BCUT2D eigenvalue weighted by Gasteiger charge is 2.13. The minimum absolute atomic E-state index is 0.0157. The summed E-state index contributed by atoms with van der Waals surface area (Å²) >= 11 is 0. The Bertz CT molecular complexity index is 836. The molecule has 3 heteroatoms. The van der Waals surface area contributed by atoms with Crippen LogP contribution in [0.5, 0.6) is 5.75 Å². The zero-order chi connectivity index (χ0) is 16.9. The number of pyridine rings is 1. The molecular weight excluding hydrogens is 298 g/mol. The Kier molecular flexibility index (Phi) is 4.71. The van der Waals surface area contributed by atoms with Gasteiger partial charge in [-0.05, 0) is 36.2 Å². The van der Waals surface area contributed by atoms with Crippen LogP contribution in [0.1, 0.15) is 34.8 Å². The van der Waals surface area contributed by atoms with Crippen molar-refractivity contribution in [2.24, 2.45) is 0 Å². The fraction of sp³-hybridized carbons (Fsp3) is 0.143. The van der Waals surface area contributed by atoms with E-state index in [1.807, 2.05) is 6.07 Å². The van der Waals surface area contributed by atoms with Crippen molar-refractivity contribution in [3.05, 3.63) is 83.6 Å². The van der Waals surface area contributed by atoms with Crippen LogP contribution >= 0.6 is 0 Å². The molecule has 0 unspecified atom stereocenters. The Balaban J connectivity index is 1.83. The maximum absolute atomic E-state index is 12.4. The van der Waals surface area contributed by atoms with Crippen molar-refractivity contribution in [1.29, 1.82) is 0 Å². The zero-order valence-electron chi connectivity index (χ0n) is 13.6. The number of ketones is 1. The first-order chi connectivity index (χ1) is 11.7. The summed E-state index contributed by atoms with van der Waals surface area (Å²) in [4.78, 5) is 16.8. The van der Waals surface area contributed by atoms with E-state index in [4.69, 9.17) is 0 Å². The number of aromatic nitrogens is 1. The second kappa shape index (κ2) is 7.09. The molecule has 0 radical (unpaired) electrons. The van der Waals surface area contributed by atoms with Crippen molar-refractivity contribution in [2.75, 3.05) is 0 Å². The zero-order valence-corrected chi connectivity index (χ0v) is 13.6. The molecule has 0 aliphatic heterocycles. The number of rotatable bonds is 5. The molecule has 1 aromatic heterocycles. The van der Waals surface area contributed by atoms with Crippen LogP contribution in [0.15, 0.2) is 66.9 Å². The fourth-order valence-corrected chi connectivity index (χ4v) is 2.65. The highest BCUT2D eigenvalue weighted by Crippen LogP contribution is 2.22. The highest BCUT2D eigenvalue weighted by molar-refractivity contribution is 6.10. The topological polar surface area (TPSA) is 50.2 Å². The van der Waals surface area contributed by atoms with E-state index in [2.05, 4.69) is 36.2 Å². The van der Waals surface area contributed by atoms with Gasteiger partial charge in [0.1, 0.15) is 5.75 Å². The van der Waals surface area contributed by atoms with Gasteiger partial charge in [-0.2, -0.15) is 0 Å². The molecule has 3 aromatic rings. The second-order valence-electron chi connectivity index (χ2n) is 5.73. The second-order valence-corrected chi connectivity index (χ2v) is 5.73. The number of phenols is 1. The van der Waals surface area contributed by atoms with Crippen LogP contribution in [-0.2, 0) is 6.42 Å². The average Bonchev–Trinajstić information content (AvgIpc) is 2.63. The van der Waals surface area contributed by atoms with Crippen molar-refractivity contribution in [3.63, 3.8) is 0 Å². The van der Waals surface area contributed by atoms with Gasteiger partial charge in [0, 0.05) is 17.3 Å². The summed E-state index contributed by atoms with van der Waals surface area (Å²) < 4.78 is 0. The van der Waals surface area contributed by atoms with Crippen molar-refractivity contribution in [2.45, 2.75) is 19.8 Å². The summed E-state index contributed by atoms with van der Waals surface area (Å²) in [5.74, 6) is -0.247. The van der Waals surface area contributed by atoms with Gasteiger partial charge in [0.15, 0.2) is 5.78 Å². The Labute approximate surface area is 141 Å². The lowest BCUT2D eigenvalue weighted by atomic mass is 10.0. The van der Waals surface area contributed by atoms with E-state index < -0.39 is 0 Å². The van der Waals surface area contributed by atoms with Crippen LogP contribution < -0.4 is 0 Å². The normalized spacial score (nSPS) is 10.5. The van der Waals surface area contributed by atoms with Gasteiger partial charge in [0.05, 0.1) is 11.3 Å². The first-order valence-corrected chi connectivity index (χ1v) is 8.07. The van der Waals surface area contributed by atoms with E-state index in [0.717, 1.165) is 24.1 Å². The lowest BCUT2D eigenvalue weighted by molar-refractivity contribution is 0.103. The predicted molar refractivity (Wildman–Crippen MR) is 95.2 cm³/mol. The number of nitrogens with zero attached hydrogens (tertiary/aromatic N) is 1. The molecule has 1 N–H and O–H groups in total. The summed E-state index contributed by atoms with van der Waals surface area (Å²) in [6.07, 6.45) is 3.76. The number of hydrogen-bond acceptors (Lipinski definition) is 3. The number of para-hydroxylation sites is 1. The van der Waals surface area contributed by atoms with E-state index in [9.17, 15) is 9.90 Å². The Morgan fingerprint density at radius 3 is 2.38 bits per heavy atom. The van der Waals surface area contributed by atoms with Crippen molar-refractivity contribution in [1.82, 2.24) is 4.98 Å². The molecule has 0 atom stereocenters. The Morgan fingerprint density at radius 2 is 1.75 bits per heavy atom. The van der Waals surface area contributed by atoms with E-state index in [-0.39, 0.29) is 17.1 Å². The summed E-state index contributed by atoms with van der Waals surface area (Å²) in [7, 11) is 0. The smallest absolute Gasteiger partial charge is 0.198 e. The minimum atomic E-state index is -0.231. The molecule has 0 amide bonds. The van der Waals surface area contributed by atoms with Crippen LogP contribution in [0.3, 0.4) is 0 Å². The third-order valence-corrected chi connectivity index (χ3v) is 3.96. The number of benzene rings is 2. The number of hydrogen-bond donors (Lipinski definition) is 1. The van der Waals surface area contributed by atoms with E-state index >= 15 is 0 Å². The Hall–Kier alpha value is -2.94. The number of aromatic hydroxyl groups is 1. The van der Waals surface area contributed by atoms with Crippen molar-refractivity contribution >= 4 is 5.78 Å². The molecule has 0 aliphatic rings. The fourth-order valence-electron chi connectivity index (χ4n) is 2.65. The molecule has 0 saturated heterocycles. The van der Waals surface area contributed by atoms with Gasteiger partial charge in [-0.25, -0.2) is 0 Å². The molecule has 3 nitrogen and oxygen atoms in total. The molecular formula is C21H19NO2. The average molecular weight is 317 g/mol. The lowest BCUT2D eigenvalue weighted by Crippen LogP contribution is -2.02. The maximum atomic E-state index is 12.4. The van der Waals surface area contributed by atoms with E-state index in [0.29, 0.717) is 5.56 Å². The summed E-state index contributed by atoms with van der Waals surface area (Å²) in [6.45, 7) is 2.16. The van der Waals surface area contributed by atoms with Crippen LogP contribution in [0.2, 0.25) is 0 Å². The minimum Gasteiger partial charge on any atom is -0.507 e. The SMILES string of the molecule is CCCc1ccc(-c2ccc(C(=O)c3ccccc3O)cn2)cc1. The number of carbonyl (C=O) groups is 1. The lowest BCUT2D eigenvalue weighted by Gasteiger charge is -2.06.